The molecular formula is C12H18N2S. The summed E-state index contributed by atoms with van der Waals surface area (Å²) in [6.45, 7) is 3.43. The van der Waals surface area contributed by atoms with Gasteiger partial charge in [-0.25, -0.2) is 0 Å². The molecule has 1 aliphatic rings. The Bertz CT molecular complexity index is 281. The van der Waals surface area contributed by atoms with Crippen LogP contribution in [-0.4, -0.2) is 24.0 Å². The number of piperidine rings is 1. The second kappa shape index (κ2) is 5.54. The van der Waals surface area contributed by atoms with Gasteiger partial charge in [-0.3, -0.25) is 9.62 Å². The normalized spacial score (nSPS) is 19.3. The molecule has 0 aromatic heterocycles. The van der Waals surface area contributed by atoms with Gasteiger partial charge in [-0.2, -0.15) is 0 Å². The highest BCUT2D eigenvalue weighted by Crippen LogP contribution is 2.13. The number of nitrogens with one attached hydrogen (secondary N) is 1. The second-order valence-electron chi connectivity index (χ2n) is 4.17. The minimum absolute atomic E-state index is 0.598. The molecule has 0 unspecified atom stereocenters. The van der Waals surface area contributed by atoms with Crippen LogP contribution < -0.4 is 4.72 Å². The first-order valence-corrected chi connectivity index (χ1v) is 5.99. The molecular weight excluding hydrogens is 204 g/mol. The molecule has 1 aromatic carbocycles. The van der Waals surface area contributed by atoms with Gasteiger partial charge in [-0.15, -0.1) is 0 Å². The smallest absolute Gasteiger partial charge is 0.0233 e. The zero-order chi connectivity index (χ0) is 10.5. The summed E-state index contributed by atoms with van der Waals surface area (Å²) in [5.74, 6) is 0. The number of hydrogen-bond acceptors (Lipinski definition) is 3. The summed E-state index contributed by atoms with van der Waals surface area (Å²) < 4.78 is 3.06. The Hall–Kier alpha value is -0.510. The maximum Gasteiger partial charge on any atom is 0.0233 e. The van der Waals surface area contributed by atoms with E-state index >= 15 is 0 Å². The van der Waals surface area contributed by atoms with E-state index < -0.39 is 0 Å². The number of benzene rings is 1. The van der Waals surface area contributed by atoms with Crippen molar-refractivity contribution in [1.82, 2.24) is 9.62 Å². The molecule has 0 aliphatic carbocycles. The summed E-state index contributed by atoms with van der Waals surface area (Å²) in [6.07, 6.45) is 2.41. The van der Waals surface area contributed by atoms with E-state index in [1.54, 1.807) is 0 Å². The highest BCUT2D eigenvalue weighted by Gasteiger charge is 2.17. The monoisotopic (exact) mass is 222 g/mol. The molecule has 1 heterocycles. The maximum absolute atomic E-state index is 4.12. The van der Waals surface area contributed by atoms with Gasteiger partial charge < -0.3 is 0 Å². The Morgan fingerprint density at radius 2 is 1.87 bits per heavy atom. The molecule has 0 radical (unpaired) electrons. The Balaban J connectivity index is 1.82. The van der Waals surface area contributed by atoms with Crippen molar-refractivity contribution < 1.29 is 0 Å². The van der Waals surface area contributed by atoms with Gasteiger partial charge in [0.05, 0.1) is 0 Å². The topological polar surface area (TPSA) is 15.3 Å². The van der Waals surface area contributed by atoms with Gasteiger partial charge in [-0.1, -0.05) is 43.1 Å². The van der Waals surface area contributed by atoms with E-state index in [-0.39, 0.29) is 0 Å². The van der Waals surface area contributed by atoms with Crippen LogP contribution in [0.4, 0.5) is 0 Å². The predicted octanol–water partition coefficient (Wildman–Crippen LogP) is 2.09. The number of thiol groups is 1. The van der Waals surface area contributed by atoms with Gasteiger partial charge in [0, 0.05) is 12.6 Å². The fraction of sp³-hybridized carbons (Fsp3) is 0.500. The van der Waals surface area contributed by atoms with E-state index in [1.807, 2.05) is 0 Å². The fourth-order valence-corrected chi connectivity index (χ4v) is 2.32. The quantitative estimate of drug-likeness (QED) is 0.761. The SMILES string of the molecule is SNC1CCN(Cc2ccccc2)CC1. The van der Waals surface area contributed by atoms with E-state index in [0.29, 0.717) is 6.04 Å². The number of likely N-dealkylation sites (tertiary alicyclic amines) is 1. The lowest BCUT2D eigenvalue weighted by Crippen LogP contribution is -2.39. The summed E-state index contributed by atoms with van der Waals surface area (Å²) in [7, 11) is 0. The molecule has 0 atom stereocenters. The minimum Gasteiger partial charge on any atom is -0.299 e. The Morgan fingerprint density at radius 1 is 1.20 bits per heavy atom. The summed E-state index contributed by atoms with van der Waals surface area (Å²) in [5.41, 5.74) is 1.41. The lowest BCUT2D eigenvalue weighted by Gasteiger charge is -2.31. The molecule has 2 rings (SSSR count). The third-order valence-electron chi connectivity index (χ3n) is 3.02. The standard InChI is InChI=1S/C12H18N2S/c15-13-12-6-8-14(9-7-12)10-11-4-2-1-3-5-11/h1-5,12-13,15H,6-10H2. The molecule has 1 aromatic rings. The molecule has 1 N–H and O–H groups in total. The van der Waals surface area contributed by atoms with Gasteiger partial charge in [0.2, 0.25) is 0 Å². The van der Waals surface area contributed by atoms with Crippen LogP contribution in [-0.2, 0) is 6.54 Å². The van der Waals surface area contributed by atoms with Gasteiger partial charge in [0.25, 0.3) is 0 Å². The van der Waals surface area contributed by atoms with Gasteiger partial charge >= 0.3 is 0 Å². The summed E-state index contributed by atoms with van der Waals surface area (Å²) in [4.78, 5) is 2.51. The van der Waals surface area contributed by atoms with Crippen LogP contribution in [0.1, 0.15) is 18.4 Å². The van der Waals surface area contributed by atoms with Crippen LogP contribution >= 0.6 is 12.8 Å². The van der Waals surface area contributed by atoms with Crippen molar-refractivity contribution in [3.63, 3.8) is 0 Å². The molecule has 2 nitrogen and oxygen atoms in total. The Morgan fingerprint density at radius 3 is 2.47 bits per heavy atom. The van der Waals surface area contributed by atoms with Gasteiger partial charge in [-0.05, 0) is 31.5 Å². The largest absolute Gasteiger partial charge is 0.299 e. The number of rotatable bonds is 3. The zero-order valence-corrected chi connectivity index (χ0v) is 9.79. The van der Waals surface area contributed by atoms with Crippen molar-refractivity contribution in [3.8, 4) is 0 Å². The first-order chi connectivity index (χ1) is 7.38. The van der Waals surface area contributed by atoms with Crippen LogP contribution in [0.2, 0.25) is 0 Å². The van der Waals surface area contributed by atoms with E-state index in [2.05, 4.69) is 52.8 Å². The lowest BCUT2D eigenvalue weighted by atomic mass is 10.1. The van der Waals surface area contributed by atoms with Gasteiger partial charge in [0.1, 0.15) is 0 Å². The summed E-state index contributed by atoms with van der Waals surface area (Å²) in [6, 6.07) is 11.3. The summed E-state index contributed by atoms with van der Waals surface area (Å²) in [5, 5.41) is 0. The van der Waals surface area contributed by atoms with Crippen molar-refractivity contribution in [3.05, 3.63) is 35.9 Å². The van der Waals surface area contributed by atoms with Crippen molar-refractivity contribution in [2.24, 2.45) is 0 Å². The molecule has 0 saturated carbocycles. The van der Waals surface area contributed by atoms with E-state index in [0.717, 1.165) is 6.54 Å². The molecule has 0 amide bonds. The first-order valence-electron chi connectivity index (χ1n) is 5.54. The van der Waals surface area contributed by atoms with Crippen molar-refractivity contribution in [2.45, 2.75) is 25.4 Å². The van der Waals surface area contributed by atoms with Crippen LogP contribution in [0, 0.1) is 0 Å². The van der Waals surface area contributed by atoms with E-state index in [9.17, 15) is 0 Å². The highest BCUT2D eigenvalue weighted by atomic mass is 32.1. The van der Waals surface area contributed by atoms with Crippen LogP contribution in [0.5, 0.6) is 0 Å². The molecule has 1 fully saturated rings. The molecule has 0 bridgehead atoms. The van der Waals surface area contributed by atoms with Crippen LogP contribution in [0.3, 0.4) is 0 Å². The number of nitrogens with zero attached hydrogens (tertiary/aromatic N) is 1. The third kappa shape index (κ3) is 3.23. The van der Waals surface area contributed by atoms with E-state index in [1.165, 1.54) is 31.5 Å². The van der Waals surface area contributed by atoms with Crippen molar-refractivity contribution in [1.29, 1.82) is 0 Å². The fourth-order valence-electron chi connectivity index (χ4n) is 2.06. The maximum atomic E-state index is 4.12. The minimum atomic E-state index is 0.598. The van der Waals surface area contributed by atoms with Crippen molar-refractivity contribution in [2.75, 3.05) is 13.1 Å². The average molecular weight is 222 g/mol. The highest BCUT2D eigenvalue weighted by molar-refractivity contribution is 7.78. The first kappa shape index (κ1) is 11.0. The summed E-state index contributed by atoms with van der Waals surface area (Å²) >= 11 is 4.12. The third-order valence-corrected chi connectivity index (χ3v) is 3.38. The lowest BCUT2D eigenvalue weighted by molar-refractivity contribution is 0.201. The Labute approximate surface area is 97.2 Å². The molecule has 3 heteroatoms. The molecule has 82 valence electrons. The van der Waals surface area contributed by atoms with Crippen molar-refractivity contribution >= 4 is 12.8 Å². The zero-order valence-electron chi connectivity index (χ0n) is 8.89. The van der Waals surface area contributed by atoms with E-state index in [4.69, 9.17) is 0 Å². The average Bonchev–Trinajstić information content (AvgIpc) is 2.31. The molecule has 0 spiro atoms. The van der Waals surface area contributed by atoms with Gasteiger partial charge in [0.15, 0.2) is 0 Å². The Kier molecular flexibility index (Phi) is 4.06. The van der Waals surface area contributed by atoms with Crippen LogP contribution in [0.15, 0.2) is 30.3 Å². The second-order valence-corrected chi connectivity index (χ2v) is 4.42. The van der Waals surface area contributed by atoms with Crippen LogP contribution in [0.25, 0.3) is 0 Å². The molecule has 15 heavy (non-hydrogen) atoms. The predicted molar refractivity (Wildman–Crippen MR) is 66.9 cm³/mol. The molecule has 1 aliphatic heterocycles. The number of hydrogen-bond donors (Lipinski definition) is 2. The molecule has 1 saturated heterocycles.